The average Bonchev–Trinajstić information content (AvgIpc) is 2.31. The maximum Gasteiger partial charge on any atom is 0.306 e. The first-order valence-electron chi connectivity index (χ1n) is 6.33. The Balaban J connectivity index is 1.88. The van der Waals surface area contributed by atoms with Gasteiger partial charge in [0.15, 0.2) is 0 Å². The van der Waals surface area contributed by atoms with Gasteiger partial charge in [0.05, 0.1) is 22.4 Å². The molecule has 1 heterocycles. The minimum atomic E-state index is -0.813. The smallest absolute Gasteiger partial charge is 0.306 e. The van der Waals surface area contributed by atoms with Crippen LogP contribution >= 0.6 is 23.2 Å². The molecule has 1 aromatic carbocycles. The number of halogens is 2. The molecule has 1 atom stereocenters. The number of likely N-dealkylation sites (tertiary alicyclic amines) is 1. The Morgan fingerprint density at radius 1 is 1.35 bits per heavy atom. The fraction of sp³-hybridized carbons (Fsp3) is 0.429. The highest BCUT2D eigenvalue weighted by molar-refractivity contribution is 6.42. The summed E-state index contributed by atoms with van der Waals surface area (Å²) in [5.74, 6) is -1.20. The lowest BCUT2D eigenvalue weighted by Gasteiger charge is -2.41. The molecule has 0 saturated carbocycles. The minimum Gasteiger partial charge on any atom is -0.481 e. The third-order valence-electron chi connectivity index (χ3n) is 3.70. The first-order valence-corrected chi connectivity index (χ1v) is 7.08. The SMILES string of the molecule is CC(C(=O)O)C1CN(C(=O)Cc2ccc(Cl)c(Cl)c2)C1. The van der Waals surface area contributed by atoms with E-state index in [1.54, 1.807) is 30.0 Å². The molecule has 0 bridgehead atoms. The zero-order chi connectivity index (χ0) is 14.9. The van der Waals surface area contributed by atoms with E-state index in [1.807, 2.05) is 0 Å². The Kier molecular flexibility index (Phi) is 4.55. The molecule has 1 saturated heterocycles. The number of benzene rings is 1. The van der Waals surface area contributed by atoms with Crippen LogP contribution in [-0.4, -0.2) is 35.0 Å². The minimum absolute atomic E-state index is 0.0165. The van der Waals surface area contributed by atoms with Gasteiger partial charge in [0, 0.05) is 19.0 Å². The molecule has 108 valence electrons. The highest BCUT2D eigenvalue weighted by Gasteiger charge is 2.36. The molecule has 0 aromatic heterocycles. The van der Waals surface area contributed by atoms with Gasteiger partial charge < -0.3 is 10.0 Å². The van der Waals surface area contributed by atoms with Crippen LogP contribution in [0.2, 0.25) is 10.0 Å². The quantitative estimate of drug-likeness (QED) is 0.929. The molecule has 1 N–H and O–H groups in total. The van der Waals surface area contributed by atoms with Crippen LogP contribution < -0.4 is 0 Å². The van der Waals surface area contributed by atoms with Gasteiger partial charge in [-0.3, -0.25) is 9.59 Å². The van der Waals surface area contributed by atoms with Crippen molar-refractivity contribution < 1.29 is 14.7 Å². The molecule has 1 aliphatic rings. The first-order chi connectivity index (χ1) is 9.38. The van der Waals surface area contributed by atoms with Gasteiger partial charge in [0.1, 0.15) is 0 Å². The van der Waals surface area contributed by atoms with Gasteiger partial charge >= 0.3 is 5.97 Å². The molecule has 0 aliphatic carbocycles. The second-order valence-corrected chi connectivity index (χ2v) is 5.93. The second kappa shape index (κ2) is 6.02. The predicted molar refractivity (Wildman–Crippen MR) is 77.0 cm³/mol. The van der Waals surface area contributed by atoms with E-state index in [1.165, 1.54) is 0 Å². The lowest BCUT2D eigenvalue weighted by molar-refractivity contribution is -0.150. The van der Waals surface area contributed by atoms with Crippen LogP contribution in [0.15, 0.2) is 18.2 Å². The largest absolute Gasteiger partial charge is 0.481 e. The molecule has 20 heavy (non-hydrogen) atoms. The molecular weight excluding hydrogens is 301 g/mol. The van der Waals surface area contributed by atoms with Gasteiger partial charge in [-0.15, -0.1) is 0 Å². The summed E-state index contributed by atoms with van der Waals surface area (Å²) in [7, 11) is 0. The maximum atomic E-state index is 12.0. The number of carboxylic acid groups (broad SMARTS) is 1. The first kappa shape index (κ1) is 15.1. The van der Waals surface area contributed by atoms with E-state index in [9.17, 15) is 9.59 Å². The number of hydrogen-bond donors (Lipinski definition) is 1. The zero-order valence-corrected chi connectivity index (χ0v) is 12.5. The fourth-order valence-electron chi connectivity index (χ4n) is 2.17. The van der Waals surface area contributed by atoms with Gasteiger partial charge in [-0.1, -0.05) is 36.2 Å². The topological polar surface area (TPSA) is 57.6 Å². The summed E-state index contributed by atoms with van der Waals surface area (Å²) < 4.78 is 0. The molecule has 1 unspecified atom stereocenters. The Hall–Kier alpha value is -1.26. The molecule has 1 aromatic rings. The Bertz CT molecular complexity index is 541. The lowest BCUT2D eigenvalue weighted by atomic mass is 9.87. The van der Waals surface area contributed by atoms with E-state index in [0.29, 0.717) is 23.1 Å². The van der Waals surface area contributed by atoms with Crippen LogP contribution in [0.3, 0.4) is 0 Å². The number of hydrogen-bond acceptors (Lipinski definition) is 2. The van der Waals surface area contributed by atoms with Crippen molar-refractivity contribution in [3.63, 3.8) is 0 Å². The summed E-state index contributed by atoms with van der Waals surface area (Å²) in [5.41, 5.74) is 0.805. The molecule has 4 nitrogen and oxygen atoms in total. The standard InChI is InChI=1S/C14H15Cl2NO3/c1-8(14(19)20)10-6-17(7-10)13(18)5-9-2-3-11(15)12(16)4-9/h2-4,8,10H,5-7H2,1H3,(H,19,20). The van der Waals surface area contributed by atoms with Gasteiger partial charge in [0.25, 0.3) is 0 Å². The molecule has 1 fully saturated rings. The van der Waals surface area contributed by atoms with E-state index in [4.69, 9.17) is 28.3 Å². The molecule has 1 aliphatic heterocycles. The number of nitrogens with zero attached hydrogens (tertiary/aromatic N) is 1. The summed E-state index contributed by atoms with van der Waals surface area (Å²) in [4.78, 5) is 24.5. The highest BCUT2D eigenvalue weighted by Crippen LogP contribution is 2.26. The van der Waals surface area contributed by atoms with E-state index >= 15 is 0 Å². The van der Waals surface area contributed by atoms with E-state index in [-0.39, 0.29) is 18.2 Å². The van der Waals surface area contributed by atoms with Crippen LogP contribution in [0.5, 0.6) is 0 Å². The van der Waals surface area contributed by atoms with Crippen LogP contribution in [0.25, 0.3) is 0 Å². The van der Waals surface area contributed by atoms with Crippen LogP contribution in [0.4, 0.5) is 0 Å². The van der Waals surface area contributed by atoms with Crippen LogP contribution in [-0.2, 0) is 16.0 Å². The molecule has 0 radical (unpaired) electrons. The van der Waals surface area contributed by atoms with Crippen LogP contribution in [0.1, 0.15) is 12.5 Å². The summed E-state index contributed by atoms with van der Waals surface area (Å²) in [5, 5.41) is 9.79. The van der Waals surface area contributed by atoms with E-state index < -0.39 is 11.9 Å². The van der Waals surface area contributed by atoms with Gasteiger partial charge in [0.2, 0.25) is 5.91 Å². The third kappa shape index (κ3) is 3.25. The number of carbonyl (C=O) groups excluding carboxylic acids is 1. The molecule has 1 amide bonds. The van der Waals surface area contributed by atoms with Gasteiger partial charge in [-0.2, -0.15) is 0 Å². The second-order valence-electron chi connectivity index (χ2n) is 5.11. The average molecular weight is 316 g/mol. The van der Waals surface area contributed by atoms with Crippen molar-refractivity contribution in [1.29, 1.82) is 0 Å². The molecule has 2 rings (SSSR count). The van der Waals surface area contributed by atoms with E-state index in [2.05, 4.69) is 0 Å². The summed E-state index contributed by atoms with van der Waals surface area (Å²) in [6, 6.07) is 5.11. The number of carboxylic acids is 1. The number of aliphatic carboxylic acids is 1. The number of amides is 1. The van der Waals surface area contributed by atoms with Gasteiger partial charge in [-0.25, -0.2) is 0 Å². The summed E-state index contributed by atoms with van der Waals surface area (Å²) >= 11 is 11.7. The lowest BCUT2D eigenvalue weighted by Crippen LogP contribution is -2.53. The molecule has 6 heteroatoms. The van der Waals surface area contributed by atoms with Crippen molar-refractivity contribution in [2.75, 3.05) is 13.1 Å². The van der Waals surface area contributed by atoms with Crippen molar-refractivity contribution in [3.8, 4) is 0 Å². The van der Waals surface area contributed by atoms with Crippen molar-refractivity contribution in [3.05, 3.63) is 33.8 Å². The molecular formula is C14H15Cl2NO3. The normalized spacial score (nSPS) is 16.6. The number of rotatable bonds is 4. The third-order valence-corrected chi connectivity index (χ3v) is 4.44. The van der Waals surface area contributed by atoms with Gasteiger partial charge in [-0.05, 0) is 17.7 Å². The van der Waals surface area contributed by atoms with Crippen LogP contribution in [0, 0.1) is 11.8 Å². The van der Waals surface area contributed by atoms with Crippen molar-refractivity contribution >= 4 is 35.1 Å². The van der Waals surface area contributed by atoms with Crippen molar-refractivity contribution in [1.82, 2.24) is 4.90 Å². The van der Waals surface area contributed by atoms with Crippen molar-refractivity contribution in [2.45, 2.75) is 13.3 Å². The summed E-state index contributed by atoms with van der Waals surface area (Å²) in [6.07, 6.45) is 0.255. The zero-order valence-electron chi connectivity index (χ0n) is 11.0. The Labute approximate surface area is 127 Å². The molecule has 0 spiro atoms. The fourth-order valence-corrected chi connectivity index (χ4v) is 2.49. The monoisotopic (exact) mass is 315 g/mol. The number of carbonyl (C=O) groups is 2. The van der Waals surface area contributed by atoms with E-state index in [0.717, 1.165) is 5.56 Å². The Morgan fingerprint density at radius 3 is 2.55 bits per heavy atom. The maximum absolute atomic E-state index is 12.0. The summed E-state index contributed by atoms with van der Waals surface area (Å²) in [6.45, 7) is 2.69. The Morgan fingerprint density at radius 2 is 2.00 bits per heavy atom. The van der Waals surface area contributed by atoms with Crippen molar-refractivity contribution in [2.24, 2.45) is 11.8 Å². The highest BCUT2D eigenvalue weighted by atomic mass is 35.5. The predicted octanol–water partition coefficient (Wildman–Crippen LogP) is 2.72.